The Kier molecular flexibility index (Phi) is 3.32. The van der Waals surface area contributed by atoms with Crippen molar-refractivity contribution in [1.29, 1.82) is 0 Å². The van der Waals surface area contributed by atoms with Crippen molar-refractivity contribution in [1.82, 2.24) is 0 Å². The summed E-state index contributed by atoms with van der Waals surface area (Å²) in [6.07, 6.45) is 2.01. The summed E-state index contributed by atoms with van der Waals surface area (Å²) < 4.78 is 0. The van der Waals surface area contributed by atoms with Crippen molar-refractivity contribution in [3.05, 3.63) is 112 Å². The first-order valence-corrected chi connectivity index (χ1v) is 8.75. The molecule has 0 spiro atoms. The minimum atomic E-state index is 0.115. The van der Waals surface area contributed by atoms with Gasteiger partial charge >= 0.3 is 0 Å². The first-order chi connectivity index (χ1) is 12.8. The molecule has 0 radical (unpaired) electrons. The third kappa shape index (κ3) is 2.29. The maximum Gasteiger partial charge on any atom is 0.194 e. The van der Waals surface area contributed by atoms with Gasteiger partial charge in [0.15, 0.2) is 5.43 Å². The van der Waals surface area contributed by atoms with Crippen molar-refractivity contribution < 1.29 is 0 Å². The van der Waals surface area contributed by atoms with E-state index in [1.54, 1.807) is 0 Å². The van der Waals surface area contributed by atoms with E-state index in [1.165, 1.54) is 11.1 Å². The quantitative estimate of drug-likeness (QED) is 0.444. The smallest absolute Gasteiger partial charge is 0.194 e. The fraction of sp³-hybridized carbons (Fsp3) is 0. The van der Waals surface area contributed by atoms with Gasteiger partial charge in [0.2, 0.25) is 0 Å². The lowest BCUT2D eigenvalue weighted by Gasteiger charge is -2.01. The molecular weight excluding hydrogens is 316 g/mol. The summed E-state index contributed by atoms with van der Waals surface area (Å²) >= 11 is 0. The molecule has 5 aromatic carbocycles. The number of hydrogen-bond donors (Lipinski definition) is 0. The second-order valence-corrected chi connectivity index (χ2v) is 6.58. The maximum absolute atomic E-state index is 12.9. The molecule has 122 valence electrons. The molecule has 0 saturated heterocycles. The van der Waals surface area contributed by atoms with E-state index in [0.717, 1.165) is 32.3 Å². The molecule has 5 rings (SSSR count). The lowest BCUT2D eigenvalue weighted by molar-refractivity contribution is 1.58. The highest BCUT2D eigenvalue weighted by atomic mass is 16.1. The van der Waals surface area contributed by atoms with E-state index < -0.39 is 0 Å². The summed E-state index contributed by atoms with van der Waals surface area (Å²) in [5.41, 5.74) is 3.53. The Morgan fingerprint density at radius 2 is 1.23 bits per heavy atom. The Bertz CT molecular complexity index is 1310. The van der Waals surface area contributed by atoms with Crippen LogP contribution in [0, 0.1) is 0 Å². The zero-order valence-electron chi connectivity index (χ0n) is 14.1. The highest BCUT2D eigenvalue weighted by Gasteiger charge is 2.10. The van der Waals surface area contributed by atoms with Crippen LogP contribution in [-0.4, -0.2) is 0 Å². The van der Waals surface area contributed by atoms with Crippen LogP contribution in [0.5, 0.6) is 0 Å². The third-order valence-electron chi connectivity index (χ3n) is 5.01. The molecule has 0 aliphatic rings. The van der Waals surface area contributed by atoms with E-state index in [0.29, 0.717) is 0 Å². The Morgan fingerprint density at radius 1 is 0.577 bits per heavy atom. The van der Waals surface area contributed by atoms with Crippen molar-refractivity contribution >= 4 is 27.6 Å². The molecule has 0 unspecified atom stereocenters. The average molecular weight is 332 g/mol. The van der Waals surface area contributed by atoms with Gasteiger partial charge in [0, 0.05) is 16.0 Å². The fourth-order valence-electron chi connectivity index (χ4n) is 3.73. The molecule has 1 heteroatoms. The van der Waals surface area contributed by atoms with Crippen molar-refractivity contribution in [2.75, 3.05) is 0 Å². The molecule has 26 heavy (non-hydrogen) atoms. The average Bonchev–Trinajstić information content (AvgIpc) is 2.97. The van der Waals surface area contributed by atoms with Gasteiger partial charge in [0.1, 0.15) is 0 Å². The third-order valence-corrected chi connectivity index (χ3v) is 5.01. The fourth-order valence-corrected chi connectivity index (χ4v) is 3.73. The van der Waals surface area contributed by atoms with Gasteiger partial charge in [-0.05, 0) is 33.5 Å². The normalized spacial score (nSPS) is 12.2. The molecule has 0 heterocycles. The van der Waals surface area contributed by atoms with E-state index in [4.69, 9.17) is 0 Å². The Balaban J connectivity index is 1.69. The summed E-state index contributed by atoms with van der Waals surface area (Å²) in [5.74, 6) is 0. The molecule has 0 aliphatic heterocycles. The Labute approximate surface area is 151 Å². The second-order valence-electron chi connectivity index (χ2n) is 6.58. The first kappa shape index (κ1) is 14.9. The van der Waals surface area contributed by atoms with Crippen LogP contribution in [0.3, 0.4) is 0 Å². The van der Waals surface area contributed by atoms with Crippen molar-refractivity contribution in [3.63, 3.8) is 0 Å². The number of rotatable bonds is 2. The van der Waals surface area contributed by atoms with Gasteiger partial charge in [-0.3, -0.25) is 4.79 Å². The molecule has 0 aromatic heterocycles. The van der Waals surface area contributed by atoms with Crippen molar-refractivity contribution in [2.24, 2.45) is 0 Å². The predicted octanol–water partition coefficient (Wildman–Crippen LogP) is 5.01. The molecule has 0 atom stereocenters. The summed E-state index contributed by atoms with van der Waals surface area (Å²) in [5, 5.41) is 4.83. The number of hydrogen-bond acceptors (Lipinski definition) is 1. The maximum atomic E-state index is 12.9. The zero-order valence-corrected chi connectivity index (χ0v) is 14.1. The summed E-state index contributed by atoms with van der Waals surface area (Å²) in [6, 6.07) is 30.7. The summed E-state index contributed by atoms with van der Waals surface area (Å²) in [4.78, 5) is 12.9. The molecular formula is C25H16O. The van der Waals surface area contributed by atoms with E-state index in [2.05, 4.69) is 48.5 Å². The highest BCUT2D eigenvalue weighted by Crippen LogP contribution is 2.23. The SMILES string of the molecule is O=c1/c(=C\c2ccc(-c3ccccc3)cc2)c2cccc3cccc1c32. The molecule has 1 nitrogen and oxygen atoms in total. The van der Waals surface area contributed by atoms with E-state index in [9.17, 15) is 4.79 Å². The van der Waals surface area contributed by atoms with E-state index in [1.807, 2.05) is 48.5 Å². The first-order valence-electron chi connectivity index (χ1n) is 8.75. The zero-order chi connectivity index (χ0) is 17.5. The van der Waals surface area contributed by atoms with Gasteiger partial charge in [0.25, 0.3) is 0 Å². The Morgan fingerprint density at radius 3 is 1.96 bits per heavy atom. The van der Waals surface area contributed by atoms with Gasteiger partial charge in [-0.15, -0.1) is 0 Å². The van der Waals surface area contributed by atoms with Gasteiger partial charge in [-0.25, -0.2) is 0 Å². The predicted molar refractivity (Wildman–Crippen MR) is 110 cm³/mol. The van der Waals surface area contributed by atoms with Crippen LogP contribution in [0.4, 0.5) is 0 Å². The van der Waals surface area contributed by atoms with E-state index in [-0.39, 0.29) is 5.43 Å². The van der Waals surface area contributed by atoms with Crippen LogP contribution < -0.4 is 10.6 Å². The number of benzene rings is 4. The largest absolute Gasteiger partial charge is 0.289 e. The molecule has 0 amide bonds. The molecule has 0 fully saturated rings. The lowest BCUT2D eigenvalue weighted by Crippen LogP contribution is -2.19. The standard InChI is InChI=1S/C25H16O/c26-25-22-11-5-9-20-8-4-10-21(24(20)22)23(25)16-17-12-14-19(15-13-17)18-6-2-1-3-7-18/h1-16H/b23-16-. The van der Waals surface area contributed by atoms with Crippen LogP contribution in [0.2, 0.25) is 0 Å². The van der Waals surface area contributed by atoms with Crippen LogP contribution >= 0.6 is 0 Å². The van der Waals surface area contributed by atoms with Crippen LogP contribution in [0.1, 0.15) is 5.56 Å². The van der Waals surface area contributed by atoms with Crippen LogP contribution in [0.25, 0.3) is 38.7 Å². The monoisotopic (exact) mass is 332 g/mol. The van der Waals surface area contributed by atoms with Gasteiger partial charge < -0.3 is 0 Å². The molecule has 0 aliphatic carbocycles. The van der Waals surface area contributed by atoms with Crippen molar-refractivity contribution in [2.45, 2.75) is 0 Å². The molecule has 0 N–H and O–H groups in total. The van der Waals surface area contributed by atoms with Gasteiger partial charge in [-0.1, -0.05) is 91.0 Å². The Hall–Kier alpha value is -3.45. The second kappa shape index (κ2) is 5.82. The highest BCUT2D eigenvalue weighted by molar-refractivity contribution is 6.12. The summed E-state index contributed by atoms with van der Waals surface area (Å²) in [7, 11) is 0. The minimum Gasteiger partial charge on any atom is -0.289 e. The van der Waals surface area contributed by atoms with Gasteiger partial charge in [0.05, 0.1) is 0 Å². The van der Waals surface area contributed by atoms with Gasteiger partial charge in [-0.2, -0.15) is 0 Å². The molecule has 0 bridgehead atoms. The van der Waals surface area contributed by atoms with E-state index >= 15 is 0 Å². The van der Waals surface area contributed by atoms with Crippen LogP contribution in [-0.2, 0) is 0 Å². The van der Waals surface area contributed by atoms with Crippen molar-refractivity contribution in [3.8, 4) is 11.1 Å². The topological polar surface area (TPSA) is 17.1 Å². The lowest BCUT2D eigenvalue weighted by atomic mass is 10.0. The molecule has 0 saturated carbocycles. The molecule has 5 aromatic rings. The summed E-state index contributed by atoms with van der Waals surface area (Å²) in [6.45, 7) is 0. The van der Waals surface area contributed by atoms with Crippen LogP contribution in [0.15, 0.2) is 95.8 Å². The minimum absolute atomic E-state index is 0.115.